The largest absolute Gasteiger partial charge is 0.384 e. The number of nitrogens with one attached hydrogen (secondary N) is 1. The Morgan fingerprint density at radius 3 is 2.74 bits per heavy atom. The highest BCUT2D eigenvalue weighted by Gasteiger charge is 2.06. The molecule has 3 N–H and O–H groups in total. The van der Waals surface area contributed by atoms with Gasteiger partial charge in [-0.2, -0.15) is 0 Å². The molecule has 0 aliphatic heterocycles. The summed E-state index contributed by atoms with van der Waals surface area (Å²) in [5, 5.41) is 4.27. The van der Waals surface area contributed by atoms with Gasteiger partial charge in [-0.25, -0.2) is 9.97 Å². The topological polar surface area (TPSA) is 63.8 Å². The number of hydrogen-bond donors (Lipinski definition) is 2. The first kappa shape index (κ1) is 13.9. The molecule has 4 nitrogen and oxygen atoms in total. The molecule has 1 aromatic carbocycles. The third-order valence-electron chi connectivity index (χ3n) is 2.46. The lowest BCUT2D eigenvalue weighted by Gasteiger charge is -2.10. The lowest BCUT2D eigenvalue weighted by atomic mass is 10.3. The van der Waals surface area contributed by atoms with E-state index in [2.05, 4.69) is 22.2 Å². The second kappa shape index (κ2) is 6.08. The molecule has 19 heavy (non-hydrogen) atoms. The molecular formula is C13H14Cl2N4. The van der Waals surface area contributed by atoms with Crippen molar-refractivity contribution in [3.8, 4) is 0 Å². The van der Waals surface area contributed by atoms with E-state index in [1.165, 1.54) is 0 Å². The van der Waals surface area contributed by atoms with Crippen molar-refractivity contribution in [1.29, 1.82) is 0 Å². The van der Waals surface area contributed by atoms with Crippen molar-refractivity contribution in [2.45, 2.75) is 19.8 Å². The Hall–Kier alpha value is -1.52. The van der Waals surface area contributed by atoms with E-state index in [9.17, 15) is 0 Å². The molecule has 0 fully saturated rings. The second-order valence-electron chi connectivity index (χ2n) is 4.09. The number of nitrogens with zero attached hydrogens (tertiary/aromatic N) is 2. The summed E-state index contributed by atoms with van der Waals surface area (Å²) in [7, 11) is 0. The van der Waals surface area contributed by atoms with Gasteiger partial charge in [0.05, 0.1) is 10.7 Å². The Morgan fingerprint density at radius 2 is 2.00 bits per heavy atom. The summed E-state index contributed by atoms with van der Waals surface area (Å²) >= 11 is 12.0. The minimum atomic E-state index is 0.430. The number of nitrogen functional groups attached to an aromatic ring is 1. The van der Waals surface area contributed by atoms with E-state index in [0.717, 1.165) is 12.8 Å². The van der Waals surface area contributed by atoms with Gasteiger partial charge in [0.2, 0.25) is 0 Å². The zero-order chi connectivity index (χ0) is 13.8. The van der Waals surface area contributed by atoms with Gasteiger partial charge < -0.3 is 11.1 Å². The first-order chi connectivity index (χ1) is 9.08. The van der Waals surface area contributed by atoms with Crippen LogP contribution in [0.25, 0.3) is 0 Å². The molecule has 100 valence electrons. The number of benzene rings is 1. The molecule has 1 heterocycles. The fraction of sp³-hybridized carbons (Fsp3) is 0.231. The highest BCUT2D eigenvalue weighted by molar-refractivity contribution is 6.35. The van der Waals surface area contributed by atoms with Gasteiger partial charge in [-0.15, -0.1) is 0 Å². The Bertz CT molecular complexity index is 587. The monoisotopic (exact) mass is 296 g/mol. The summed E-state index contributed by atoms with van der Waals surface area (Å²) in [5.41, 5.74) is 6.45. The highest BCUT2D eigenvalue weighted by atomic mass is 35.5. The van der Waals surface area contributed by atoms with Crippen LogP contribution in [0.15, 0.2) is 24.3 Å². The highest BCUT2D eigenvalue weighted by Crippen LogP contribution is 2.28. The van der Waals surface area contributed by atoms with Gasteiger partial charge >= 0.3 is 0 Å². The van der Waals surface area contributed by atoms with Crippen molar-refractivity contribution in [3.63, 3.8) is 0 Å². The molecule has 0 aliphatic rings. The number of halogens is 2. The first-order valence-corrected chi connectivity index (χ1v) is 6.69. The van der Waals surface area contributed by atoms with Crippen LogP contribution in [0, 0.1) is 0 Å². The fourth-order valence-corrected chi connectivity index (χ4v) is 1.99. The molecule has 0 radical (unpaired) electrons. The summed E-state index contributed by atoms with van der Waals surface area (Å²) in [6.45, 7) is 2.06. The maximum absolute atomic E-state index is 6.09. The maximum atomic E-state index is 6.09. The predicted molar refractivity (Wildman–Crippen MR) is 80.2 cm³/mol. The van der Waals surface area contributed by atoms with Crippen LogP contribution >= 0.6 is 23.2 Å². The number of nitrogens with two attached hydrogens (primary N) is 1. The van der Waals surface area contributed by atoms with Gasteiger partial charge in [-0.05, 0) is 24.6 Å². The van der Waals surface area contributed by atoms with Crippen molar-refractivity contribution in [3.05, 3.63) is 40.1 Å². The number of anilines is 3. The van der Waals surface area contributed by atoms with Gasteiger partial charge in [0.1, 0.15) is 17.5 Å². The summed E-state index contributed by atoms with van der Waals surface area (Å²) in [6.07, 6.45) is 1.74. The number of hydrogen-bond acceptors (Lipinski definition) is 4. The van der Waals surface area contributed by atoms with Gasteiger partial charge in [0.25, 0.3) is 0 Å². The average molecular weight is 297 g/mol. The van der Waals surface area contributed by atoms with E-state index >= 15 is 0 Å². The van der Waals surface area contributed by atoms with Crippen LogP contribution in [0.4, 0.5) is 17.3 Å². The van der Waals surface area contributed by atoms with E-state index in [1.807, 2.05) is 0 Å². The molecule has 0 unspecified atom stereocenters. The van der Waals surface area contributed by atoms with Crippen LogP contribution in [-0.4, -0.2) is 9.97 Å². The quantitative estimate of drug-likeness (QED) is 0.893. The standard InChI is InChI=1S/C13H14Cl2N4/c1-2-3-12-18-11(16)7-13(19-12)17-10-6-8(14)4-5-9(10)15/h4-7H,2-3H2,1H3,(H3,16,17,18,19). The molecule has 2 rings (SSSR count). The zero-order valence-electron chi connectivity index (χ0n) is 10.5. The van der Waals surface area contributed by atoms with Crippen LogP contribution in [0.5, 0.6) is 0 Å². The van der Waals surface area contributed by atoms with E-state index < -0.39 is 0 Å². The van der Waals surface area contributed by atoms with Crippen LogP contribution in [0.3, 0.4) is 0 Å². The van der Waals surface area contributed by atoms with Crippen LogP contribution in [-0.2, 0) is 6.42 Å². The first-order valence-electron chi connectivity index (χ1n) is 5.94. The fourth-order valence-electron chi connectivity index (χ4n) is 1.65. The van der Waals surface area contributed by atoms with Crippen molar-refractivity contribution in [2.24, 2.45) is 0 Å². The minimum Gasteiger partial charge on any atom is -0.384 e. The molecule has 0 saturated heterocycles. The molecule has 0 spiro atoms. The van der Waals surface area contributed by atoms with Crippen LogP contribution in [0.2, 0.25) is 10.0 Å². The molecule has 6 heteroatoms. The van der Waals surface area contributed by atoms with Crippen LogP contribution < -0.4 is 11.1 Å². The summed E-state index contributed by atoms with van der Waals surface area (Å²) < 4.78 is 0. The SMILES string of the molecule is CCCc1nc(N)cc(Nc2cc(Cl)ccc2Cl)n1. The molecule has 0 saturated carbocycles. The van der Waals surface area contributed by atoms with E-state index in [-0.39, 0.29) is 0 Å². The van der Waals surface area contributed by atoms with E-state index in [1.54, 1.807) is 24.3 Å². The van der Waals surface area contributed by atoms with Gasteiger partial charge in [-0.3, -0.25) is 0 Å². The summed E-state index contributed by atoms with van der Waals surface area (Å²) in [6, 6.07) is 6.85. The molecule has 0 aliphatic carbocycles. The van der Waals surface area contributed by atoms with E-state index in [4.69, 9.17) is 28.9 Å². The molecular weight excluding hydrogens is 283 g/mol. The summed E-state index contributed by atoms with van der Waals surface area (Å²) in [5.74, 6) is 1.75. The van der Waals surface area contributed by atoms with Crippen molar-refractivity contribution >= 4 is 40.5 Å². The third-order valence-corrected chi connectivity index (χ3v) is 3.02. The second-order valence-corrected chi connectivity index (χ2v) is 4.94. The molecule has 2 aromatic rings. The van der Waals surface area contributed by atoms with Crippen molar-refractivity contribution in [1.82, 2.24) is 9.97 Å². The number of aromatic nitrogens is 2. The smallest absolute Gasteiger partial charge is 0.136 e. The number of aryl methyl sites for hydroxylation is 1. The lowest BCUT2D eigenvalue weighted by Crippen LogP contribution is -2.03. The molecule has 0 amide bonds. The zero-order valence-corrected chi connectivity index (χ0v) is 12.0. The lowest BCUT2D eigenvalue weighted by molar-refractivity contribution is 0.839. The predicted octanol–water partition coefficient (Wildman–Crippen LogP) is 4.06. The molecule has 0 atom stereocenters. The van der Waals surface area contributed by atoms with Crippen LogP contribution in [0.1, 0.15) is 19.2 Å². The Morgan fingerprint density at radius 1 is 1.21 bits per heavy atom. The average Bonchev–Trinajstić information content (AvgIpc) is 2.33. The normalized spacial score (nSPS) is 10.5. The Balaban J connectivity index is 2.29. The van der Waals surface area contributed by atoms with Crippen molar-refractivity contribution in [2.75, 3.05) is 11.1 Å². The summed E-state index contributed by atoms with van der Waals surface area (Å²) in [4.78, 5) is 8.56. The van der Waals surface area contributed by atoms with E-state index in [0.29, 0.717) is 33.2 Å². The van der Waals surface area contributed by atoms with Crippen molar-refractivity contribution < 1.29 is 0 Å². The maximum Gasteiger partial charge on any atom is 0.136 e. The molecule has 0 bridgehead atoms. The molecule has 1 aromatic heterocycles. The van der Waals surface area contributed by atoms with Gasteiger partial charge in [0.15, 0.2) is 0 Å². The van der Waals surface area contributed by atoms with Gasteiger partial charge in [0, 0.05) is 17.5 Å². The third kappa shape index (κ3) is 3.72. The minimum absolute atomic E-state index is 0.430. The Labute approximate surface area is 122 Å². The Kier molecular flexibility index (Phi) is 4.45. The number of rotatable bonds is 4. The van der Waals surface area contributed by atoms with Gasteiger partial charge in [-0.1, -0.05) is 30.1 Å².